The van der Waals surface area contributed by atoms with E-state index in [9.17, 15) is 9.59 Å². The van der Waals surface area contributed by atoms with E-state index in [4.69, 9.17) is 9.47 Å². The fourth-order valence-electron chi connectivity index (χ4n) is 5.35. The predicted molar refractivity (Wildman–Crippen MR) is 133 cm³/mol. The van der Waals surface area contributed by atoms with Crippen LogP contribution in [-0.4, -0.2) is 24.1 Å². The van der Waals surface area contributed by atoms with Gasteiger partial charge in [0, 0.05) is 17.3 Å². The van der Waals surface area contributed by atoms with Crippen molar-refractivity contribution >= 4 is 18.0 Å². The van der Waals surface area contributed by atoms with Crippen LogP contribution in [0.1, 0.15) is 83.6 Å². The maximum absolute atomic E-state index is 13.4. The van der Waals surface area contributed by atoms with Crippen molar-refractivity contribution in [2.45, 2.75) is 90.3 Å². The number of hydrogen-bond acceptors (Lipinski definition) is 5. The van der Waals surface area contributed by atoms with E-state index >= 15 is 0 Å². The number of ether oxygens (including phenoxy) is 2. The minimum Gasteiger partial charge on any atom is -0.459 e. The van der Waals surface area contributed by atoms with Crippen LogP contribution in [0, 0.1) is 5.92 Å². The van der Waals surface area contributed by atoms with Crippen molar-refractivity contribution in [3.63, 3.8) is 0 Å². The van der Waals surface area contributed by atoms with Crippen molar-refractivity contribution in [2.24, 2.45) is 5.92 Å². The van der Waals surface area contributed by atoms with Gasteiger partial charge in [0.2, 0.25) is 0 Å². The van der Waals surface area contributed by atoms with Crippen LogP contribution in [0.3, 0.4) is 0 Å². The van der Waals surface area contributed by atoms with E-state index in [1.165, 1.54) is 12.8 Å². The van der Waals surface area contributed by atoms with Gasteiger partial charge in [0.1, 0.15) is 12.2 Å². The van der Waals surface area contributed by atoms with Gasteiger partial charge in [-0.15, -0.1) is 0 Å². The lowest BCUT2D eigenvalue weighted by atomic mass is 9.84. The topological polar surface area (TPSA) is 64.6 Å². The van der Waals surface area contributed by atoms with E-state index in [1.807, 2.05) is 56.3 Å². The van der Waals surface area contributed by atoms with Crippen molar-refractivity contribution in [3.05, 3.63) is 64.5 Å². The van der Waals surface area contributed by atoms with E-state index < -0.39 is 5.92 Å². The van der Waals surface area contributed by atoms with Gasteiger partial charge in [0.25, 0.3) is 0 Å². The first-order valence-electron chi connectivity index (χ1n) is 12.9. The molecule has 2 aliphatic carbocycles. The highest BCUT2D eigenvalue weighted by Crippen LogP contribution is 2.35. The average Bonchev–Trinajstić information content (AvgIpc) is 2.84. The Hall–Kier alpha value is -2.82. The molecule has 4 rings (SSSR count). The number of benzene rings is 1. The van der Waals surface area contributed by atoms with E-state index in [0.29, 0.717) is 11.1 Å². The Morgan fingerprint density at radius 1 is 0.765 bits per heavy atom. The van der Waals surface area contributed by atoms with Crippen molar-refractivity contribution < 1.29 is 19.1 Å². The van der Waals surface area contributed by atoms with Gasteiger partial charge in [0.15, 0.2) is 0 Å². The molecule has 0 radical (unpaired) electrons. The Bertz CT molecular complexity index is 909. The molecule has 1 aromatic rings. The molecule has 0 amide bonds. The Balaban J connectivity index is 1.62. The van der Waals surface area contributed by atoms with Gasteiger partial charge >= 0.3 is 11.9 Å². The third kappa shape index (κ3) is 5.99. The van der Waals surface area contributed by atoms with E-state index in [1.54, 1.807) is 0 Å². The molecular weight excluding hydrogens is 426 g/mol. The molecular formula is C29H37NO4. The third-order valence-electron chi connectivity index (χ3n) is 7.18. The predicted octanol–water partition coefficient (Wildman–Crippen LogP) is 6.22. The van der Waals surface area contributed by atoms with Gasteiger partial charge in [-0.3, -0.25) is 0 Å². The van der Waals surface area contributed by atoms with Gasteiger partial charge in [-0.2, -0.15) is 0 Å². The number of dihydropyridines is 1. The molecule has 2 fully saturated rings. The second-order valence-corrected chi connectivity index (χ2v) is 9.78. The summed E-state index contributed by atoms with van der Waals surface area (Å²) in [5, 5.41) is 3.27. The van der Waals surface area contributed by atoms with Crippen LogP contribution in [0.4, 0.5) is 0 Å². The quantitative estimate of drug-likeness (QED) is 0.508. The fraction of sp³-hybridized carbons (Fsp3) is 0.517. The number of nitrogens with one attached hydrogen (secondary N) is 1. The van der Waals surface area contributed by atoms with Gasteiger partial charge in [-0.05, 0) is 70.8 Å². The standard InChI is InChI=1S/C29H37NO4/c1-20-26(28(31)33-23-14-8-4-9-15-23)25(19-18-22-12-6-3-7-13-22)27(21(2)30-20)29(32)34-24-16-10-5-11-17-24/h3,6-7,12-13,18-19,23-25,30H,4-5,8-11,14-17H2,1-2H3/b19-18+. The molecule has 0 atom stereocenters. The Morgan fingerprint density at radius 2 is 1.24 bits per heavy atom. The smallest absolute Gasteiger partial charge is 0.337 e. The molecule has 0 bridgehead atoms. The second-order valence-electron chi connectivity index (χ2n) is 9.78. The van der Waals surface area contributed by atoms with Gasteiger partial charge in [-0.25, -0.2) is 9.59 Å². The van der Waals surface area contributed by atoms with Gasteiger partial charge < -0.3 is 14.8 Å². The molecule has 2 saturated carbocycles. The minimum atomic E-state index is -0.520. The maximum atomic E-state index is 13.4. The lowest BCUT2D eigenvalue weighted by Crippen LogP contribution is -2.35. The lowest BCUT2D eigenvalue weighted by Gasteiger charge is -2.31. The molecule has 1 aromatic carbocycles. The summed E-state index contributed by atoms with van der Waals surface area (Å²) in [5.41, 5.74) is 3.47. The van der Waals surface area contributed by atoms with E-state index in [0.717, 1.165) is 68.3 Å². The molecule has 3 aliphatic rings. The lowest BCUT2D eigenvalue weighted by molar-refractivity contribution is -0.147. The number of allylic oxidation sites excluding steroid dienone is 3. The molecule has 182 valence electrons. The van der Waals surface area contributed by atoms with Gasteiger partial charge in [-0.1, -0.05) is 55.3 Å². The highest BCUT2D eigenvalue weighted by Gasteiger charge is 2.37. The van der Waals surface area contributed by atoms with Crippen molar-refractivity contribution in [1.82, 2.24) is 5.32 Å². The molecule has 0 unspecified atom stereocenters. The highest BCUT2D eigenvalue weighted by molar-refractivity contribution is 5.99. The third-order valence-corrected chi connectivity index (χ3v) is 7.18. The molecule has 5 heteroatoms. The summed E-state index contributed by atoms with van der Waals surface area (Å²) in [6.07, 6.45) is 14.2. The molecule has 5 nitrogen and oxygen atoms in total. The molecule has 0 saturated heterocycles. The molecule has 1 N–H and O–H groups in total. The fourth-order valence-corrected chi connectivity index (χ4v) is 5.35. The zero-order valence-corrected chi connectivity index (χ0v) is 20.5. The molecule has 34 heavy (non-hydrogen) atoms. The number of carbonyl (C=O) groups is 2. The van der Waals surface area contributed by atoms with Crippen LogP contribution in [0.5, 0.6) is 0 Å². The zero-order chi connectivity index (χ0) is 23.9. The van der Waals surface area contributed by atoms with Crippen molar-refractivity contribution in [3.8, 4) is 0 Å². The summed E-state index contributed by atoms with van der Waals surface area (Å²) in [6.45, 7) is 3.77. The van der Waals surface area contributed by atoms with Gasteiger partial charge in [0.05, 0.1) is 11.1 Å². The molecule has 0 spiro atoms. The highest BCUT2D eigenvalue weighted by atomic mass is 16.5. The largest absolute Gasteiger partial charge is 0.459 e. The molecule has 1 heterocycles. The zero-order valence-electron chi connectivity index (χ0n) is 20.5. The number of carbonyl (C=O) groups excluding carboxylic acids is 2. The first-order chi connectivity index (χ1) is 16.5. The number of rotatable bonds is 6. The Morgan fingerprint density at radius 3 is 1.71 bits per heavy atom. The van der Waals surface area contributed by atoms with Crippen molar-refractivity contribution in [1.29, 1.82) is 0 Å². The Labute approximate surface area is 203 Å². The van der Waals surface area contributed by atoms with Crippen LogP contribution in [0.25, 0.3) is 6.08 Å². The summed E-state index contributed by atoms with van der Waals surface area (Å²) >= 11 is 0. The molecule has 1 aliphatic heterocycles. The average molecular weight is 464 g/mol. The number of esters is 2. The first-order valence-corrected chi connectivity index (χ1v) is 12.9. The number of hydrogen-bond donors (Lipinski definition) is 1. The monoisotopic (exact) mass is 463 g/mol. The van der Waals surface area contributed by atoms with E-state index in [2.05, 4.69) is 5.32 Å². The normalized spacial score (nSPS) is 21.0. The van der Waals surface area contributed by atoms with Crippen LogP contribution < -0.4 is 5.32 Å². The van der Waals surface area contributed by atoms with Crippen molar-refractivity contribution in [2.75, 3.05) is 0 Å². The van der Waals surface area contributed by atoms with Crippen LogP contribution in [-0.2, 0) is 19.1 Å². The SMILES string of the molecule is CC1=C(C(=O)OC2CCCCC2)C(/C=C/c2ccccc2)C(C(=O)OC2CCCCC2)=C(C)N1. The van der Waals surface area contributed by atoms with Crippen LogP contribution in [0.2, 0.25) is 0 Å². The van der Waals surface area contributed by atoms with Crippen LogP contribution in [0.15, 0.2) is 58.9 Å². The van der Waals surface area contributed by atoms with E-state index in [-0.39, 0.29) is 24.1 Å². The summed E-state index contributed by atoms with van der Waals surface area (Å²) in [6, 6.07) is 9.92. The summed E-state index contributed by atoms with van der Waals surface area (Å²) in [5.74, 6) is -1.20. The summed E-state index contributed by atoms with van der Waals surface area (Å²) in [4.78, 5) is 26.9. The minimum absolute atomic E-state index is 0.0510. The summed E-state index contributed by atoms with van der Waals surface area (Å²) < 4.78 is 11.9. The van der Waals surface area contributed by atoms with Crippen LogP contribution >= 0.6 is 0 Å². The second kappa shape index (κ2) is 11.5. The molecule has 0 aromatic heterocycles. The maximum Gasteiger partial charge on any atom is 0.337 e. The summed E-state index contributed by atoms with van der Waals surface area (Å²) in [7, 11) is 0. The first kappa shape index (κ1) is 24.3. The Kier molecular flexibility index (Phi) is 8.25.